The molecule has 2 N–H and O–H groups in total. The number of hydrogen-bond acceptors (Lipinski definition) is 3. The highest BCUT2D eigenvalue weighted by Crippen LogP contribution is 2.30. The molecule has 0 amide bonds. The molecule has 0 bridgehead atoms. The van der Waals surface area contributed by atoms with Gasteiger partial charge >= 0.3 is 0 Å². The number of piperidine rings is 1. The second-order valence-electron chi connectivity index (χ2n) is 5.56. The summed E-state index contributed by atoms with van der Waals surface area (Å²) in [6, 6.07) is 7.20. The van der Waals surface area contributed by atoms with E-state index < -0.39 is 0 Å². The van der Waals surface area contributed by atoms with Gasteiger partial charge in [-0.15, -0.1) is 0 Å². The Morgan fingerprint density at radius 2 is 2.00 bits per heavy atom. The Morgan fingerprint density at radius 3 is 2.65 bits per heavy atom. The first-order valence-corrected chi connectivity index (χ1v) is 7.23. The lowest BCUT2D eigenvalue weighted by molar-refractivity contribution is 0.459. The summed E-state index contributed by atoms with van der Waals surface area (Å²) in [5.74, 6) is 0.849. The van der Waals surface area contributed by atoms with Crippen molar-refractivity contribution in [3.63, 3.8) is 0 Å². The summed E-state index contributed by atoms with van der Waals surface area (Å²) in [4.78, 5) is 0. The first-order chi connectivity index (χ1) is 9.66. The van der Waals surface area contributed by atoms with Crippen molar-refractivity contribution >= 4 is 0 Å². The van der Waals surface area contributed by atoms with E-state index >= 15 is 0 Å². The summed E-state index contributed by atoms with van der Waals surface area (Å²) in [5, 5.41) is 17.6. The zero-order chi connectivity index (χ0) is 14.1. The minimum absolute atomic E-state index is 0.284. The van der Waals surface area contributed by atoms with Crippen molar-refractivity contribution in [3.05, 3.63) is 41.2 Å². The van der Waals surface area contributed by atoms with Crippen LogP contribution in [0.3, 0.4) is 0 Å². The highest BCUT2D eigenvalue weighted by Gasteiger charge is 2.23. The lowest BCUT2D eigenvalue weighted by Crippen LogP contribution is -2.28. The topological polar surface area (TPSA) is 50.1 Å². The molecule has 106 valence electrons. The fourth-order valence-electron chi connectivity index (χ4n) is 3.19. The highest BCUT2D eigenvalue weighted by atomic mass is 16.3. The van der Waals surface area contributed by atoms with Gasteiger partial charge in [0.2, 0.25) is 0 Å². The molecule has 0 saturated carbocycles. The molecular weight excluding hydrogens is 250 g/mol. The summed E-state index contributed by atoms with van der Waals surface area (Å²) >= 11 is 0. The zero-order valence-corrected chi connectivity index (χ0v) is 12.1. The second-order valence-corrected chi connectivity index (χ2v) is 5.56. The number of hydrogen-bond donors (Lipinski definition) is 2. The van der Waals surface area contributed by atoms with Crippen molar-refractivity contribution in [3.8, 4) is 11.4 Å². The van der Waals surface area contributed by atoms with Gasteiger partial charge in [-0.3, -0.25) is 0 Å². The van der Waals surface area contributed by atoms with E-state index in [0.717, 1.165) is 24.5 Å². The number of phenolic OH excluding ortho intramolecular Hbond substituents is 1. The van der Waals surface area contributed by atoms with Gasteiger partial charge in [0.1, 0.15) is 5.75 Å². The Labute approximate surface area is 119 Å². The summed E-state index contributed by atoms with van der Waals surface area (Å²) in [7, 11) is 0. The predicted molar refractivity (Wildman–Crippen MR) is 79.5 cm³/mol. The molecule has 0 radical (unpaired) electrons. The summed E-state index contributed by atoms with van der Waals surface area (Å²) < 4.78 is 1.98. The number of aryl methyl sites for hydroxylation is 1. The molecule has 1 saturated heterocycles. The molecule has 1 aliphatic heterocycles. The van der Waals surface area contributed by atoms with Gasteiger partial charge in [0.05, 0.1) is 11.4 Å². The molecule has 3 rings (SSSR count). The monoisotopic (exact) mass is 271 g/mol. The smallest absolute Gasteiger partial charge is 0.115 e. The molecule has 1 aliphatic rings. The van der Waals surface area contributed by atoms with Crippen molar-refractivity contribution < 1.29 is 5.11 Å². The molecule has 2 aromatic rings. The minimum atomic E-state index is 0.284. The van der Waals surface area contributed by atoms with Crippen LogP contribution in [-0.4, -0.2) is 28.0 Å². The molecular formula is C16H21N3O. The van der Waals surface area contributed by atoms with Gasteiger partial charge in [0.25, 0.3) is 0 Å². The van der Waals surface area contributed by atoms with Crippen LogP contribution in [0.15, 0.2) is 24.3 Å². The van der Waals surface area contributed by atoms with Crippen molar-refractivity contribution in [1.82, 2.24) is 15.1 Å². The largest absolute Gasteiger partial charge is 0.508 e. The Morgan fingerprint density at radius 1 is 1.25 bits per heavy atom. The molecule has 4 nitrogen and oxygen atoms in total. The number of rotatable bonds is 2. The standard InChI is InChI=1S/C16H21N3O/c1-11-16(13-4-3-9-17-10-13)12(2)19(18-11)14-5-7-15(20)8-6-14/h5-8,13,17,20H,3-4,9-10H2,1-2H3. The number of phenols is 1. The number of aromatic nitrogens is 2. The maximum absolute atomic E-state index is 9.40. The maximum atomic E-state index is 9.40. The van der Waals surface area contributed by atoms with E-state index in [-0.39, 0.29) is 5.75 Å². The first-order valence-electron chi connectivity index (χ1n) is 7.23. The zero-order valence-electron chi connectivity index (χ0n) is 12.1. The van der Waals surface area contributed by atoms with Crippen molar-refractivity contribution in [2.75, 3.05) is 13.1 Å². The van der Waals surface area contributed by atoms with Crippen LogP contribution in [0.4, 0.5) is 0 Å². The van der Waals surface area contributed by atoms with Gasteiger partial charge in [-0.25, -0.2) is 4.68 Å². The predicted octanol–water partition coefficient (Wildman–Crippen LogP) is 2.66. The third-order valence-electron chi connectivity index (χ3n) is 4.15. The lowest BCUT2D eigenvalue weighted by atomic mass is 9.90. The van der Waals surface area contributed by atoms with Gasteiger partial charge in [0, 0.05) is 23.7 Å². The molecule has 4 heteroatoms. The Bertz CT molecular complexity index is 595. The van der Waals surface area contributed by atoms with Gasteiger partial charge in [0.15, 0.2) is 0 Å². The van der Waals surface area contributed by atoms with E-state index in [1.165, 1.54) is 24.1 Å². The van der Waals surface area contributed by atoms with E-state index in [1.54, 1.807) is 12.1 Å². The lowest BCUT2D eigenvalue weighted by Gasteiger charge is -2.23. The Balaban J connectivity index is 1.99. The summed E-state index contributed by atoms with van der Waals surface area (Å²) in [6.07, 6.45) is 2.46. The molecule has 20 heavy (non-hydrogen) atoms. The van der Waals surface area contributed by atoms with Crippen LogP contribution in [0.25, 0.3) is 5.69 Å². The van der Waals surface area contributed by atoms with E-state index in [9.17, 15) is 5.11 Å². The second kappa shape index (κ2) is 5.29. The molecule has 1 unspecified atom stereocenters. The number of nitrogens with zero attached hydrogens (tertiary/aromatic N) is 2. The van der Waals surface area contributed by atoms with Crippen molar-refractivity contribution in [2.45, 2.75) is 32.6 Å². The molecule has 2 heterocycles. The minimum Gasteiger partial charge on any atom is -0.508 e. The molecule has 0 aliphatic carbocycles. The fourth-order valence-corrected chi connectivity index (χ4v) is 3.19. The van der Waals surface area contributed by atoms with E-state index in [1.807, 2.05) is 16.8 Å². The number of benzene rings is 1. The molecule has 1 fully saturated rings. The summed E-state index contributed by atoms with van der Waals surface area (Å²) in [6.45, 7) is 6.40. The van der Waals surface area contributed by atoms with Crippen LogP contribution in [0.2, 0.25) is 0 Å². The molecule has 1 aromatic heterocycles. The number of nitrogens with one attached hydrogen (secondary N) is 1. The molecule has 1 atom stereocenters. The van der Waals surface area contributed by atoms with Crippen molar-refractivity contribution in [2.24, 2.45) is 0 Å². The van der Waals surface area contributed by atoms with Crippen LogP contribution in [0.1, 0.15) is 35.7 Å². The average molecular weight is 271 g/mol. The Kier molecular flexibility index (Phi) is 3.49. The van der Waals surface area contributed by atoms with E-state index in [2.05, 4.69) is 19.2 Å². The van der Waals surface area contributed by atoms with Crippen LogP contribution in [-0.2, 0) is 0 Å². The van der Waals surface area contributed by atoms with Crippen molar-refractivity contribution in [1.29, 1.82) is 0 Å². The maximum Gasteiger partial charge on any atom is 0.115 e. The SMILES string of the molecule is Cc1nn(-c2ccc(O)cc2)c(C)c1C1CCCNC1. The van der Waals surface area contributed by atoms with Gasteiger partial charge < -0.3 is 10.4 Å². The van der Waals surface area contributed by atoms with Gasteiger partial charge in [-0.2, -0.15) is 5.10 Å². The van der Waals surface area contributed by atoms with Crippen LogP contribution >= 0.6 is 0 Å². The summed E-state index contributed by atoms with van der Waals surface area (Å²) in [5.41, 5.74) is 4.70. The molecule has 0 spiro atoms. The third-order valence-corrected chi connectivity index (χ3v) is 4.15. The normalized spacial score (nSPS) is 19.2. The average Bonchev–Trinajstić information content (AvgIpc) is 2.76. The first kappa shape index (κ1) is 13.2. The third kappa shape index (κ3) is 2.31. The van der Waals surface area contributed by atoms with Crippen LogP contribution in [0.5, 0.6) is 5.75 Å². The van der Waals surface area contributed by atoms with Crippen LogP contribution < -0.4 is 5.32 Å². The Hall–Kier alpha value is -1.81. The van der Waals surface area contributed by atoms with E-state index in [0.29, 0.717) is 5.92 Å². The quantitative estimate of drug-likeness (QED) is 0.883. The highest BCUT2D eigenvalue weighted by molar-refractivity contribution is 5.41. The van der Waals surface area contributed by atoms with E-state index in [4.69, 9.17) is 5.10 Å². The van der Waals surface area contributed by atoms with Crippen LogP contribution in [0, 0.1) is 13.8 Å². The van der Waals surface area contributed by atoms with Gasteiger partial charge in [-0.1, -0.05) is 0 Å². The molecule has 1 aromatic carbocycles. The fraction of sp³-hybridized carbons (Fsp3) is 0.438. The number of aromatic hydroxyl groups is 1. The van der Waals surface area contributed by atoms with Gasteiger partial charge in [-0.05, 0) is 57.5 Å².